The van der Waals surface area contributed by atoms with Crippen LogP contribution in [0.2, 0.25) is 0 Å². The van der Waals surface area contributed by atoms with Gasteiger partial charge in [0, 0.05) is 5.92 Å². The fraction of sp³-hybridized carbons (Fsp3) is 0.923. The van der Waals surface area contributed by atoms with Gasteiger partial charge < -0.3 is 9.69 Å². The van der Waals surface area contributed by atoms with Gasteiger partial charge in [-0.1, -0.05) is 32.6 Å². The van der Waals surface area contributed by atoms with Crippen LogP contribution in [0.4, 0.5) is 0 Å². The third-order valence-corrected chi connectivity index (χ3v) is 3.40. The first-order valence-electron chi connectivity index (χ1n) is 6.54. The third kappa shape index (κ3) is 5.31. The molecule has 1 saturated heterocycles. The van der Waals surface area contributed by atoms with Crippen LogP contribution in [-0.4, -0.2) is 30.8 Å². The van der Waals surface area contributed by atoms with Crippen molar-refractivity contribution >= 4 is 6.29 Å². The Morgan fingerprint density at radius 1 is 1.13 bits per heavy atom. The van der Waals surface area contributed by atoms with E-state index >= 15 is 0 Å². The highest BCUT2D eigenvalue weighted by Gasteiger charge is 2.17. The molecule has 0 atom stereocenters. The average Bonchev–Trinajstić information content (AvgIpc) is 2.30. The number of nitrogens with zero attached hydrogens (tertiary/aromatic N) is 1. The molecule has 0 aromatic heterocycles. The Kier molecular flexibility index (Phi) is 6.66. The van der Waals surface area contributed by atoms with Crippen molar-refractivity contribution in [3.63, 3.8) is 0 Å². The number of likely N-dealkylation sites (tertiary alicyclic amines) is 1. The standard InChI is InChI=1S/C13H25NO/c1-2-3-4-5-6-9-14-10-7-13(12-15)8-11-14/h12-13H,2-11H2,1H3. The number of piperidine rings is 1. The van der Waals surface area contributed by atoms with Crippen molar-refractivity contribution in [2.24, 2.45) is 5.92 Å². The minimum atomic E-state index is 0.348. The summed E-state index contributed by atoms with van der Waals surface area (Å²) in [6.45, 7) is 5.77. The van der Waals surface area contributed by atoms with E-state index in [2.05, 4.69) is 11.8 Å². The van der Waals surface area contributed by atoms with E-state index in [-0.39, 0.29) is 0 Å². The second-order valence-corrected chi connectivity index (χ2v) is 4.73. The summed E-state index contributed by atoms with van der Waals surface area (Å²) < 4.78 is 0. The minimum Gasteiger partial charge on any atom is -0.303 e. The fourth-order valence-corrected chi connectivity index (χ4v) is 2.25. The molecule has 15 heavy (non-hydrogen) atoms. The molecule has 1 aliphatic rings. The van der Waals surface area contributed by atoms with Gasteiger partial charge in [0.1, 0.15) is 6.29 Å². The normalized spacial score (nSPS) is 19.3. The summed E-state index contributed by atoms with van der Waals surface area (Å²) in [4.78, 5) is 13.1. The predicted molar refractivity (Wildman–Crippen MR) is 64.0 cm³/mol. The first-order chi connectivity index (χ1) is 7.36. The summed E-state index contributed by atoms with van der Waals surface area (Å²) in [5, 5.41) is 0. The third-order valence-electron chi connectivity index (χ3n) is 3.40. The summed E-state index contributed by atoms with van der Waals surface area (Å²) in [6, 6.07) is 0. The molecule has 1 aliphatic heterocycles. The van der Waals surface area contributed by atoms with Crippen molar-refractivity contribution in [3.05, 3.63) is 0 Å². The molecule has 0 unspecified atom stereocenters. The van der Waals surface area contributed by atoms with Gasteiger partial charge in [-0.15, -0.1) is 0 Å². The minimum absolute atomic E-state index is 0.348. The summed E-state index contributed by atoms with van der Waals surface area (Å²) >= 11 is 0. The second kappa shape index (κ2) is 7.86. The molecular formula is C13H25NO. The Bertz CT molecular complexity index is 162. The molecule has 0 N–H and O–H groups in total. The molecule has 88 valence electrons. The Labute approximate surface area is 94.0 Å². The van der Waals surface area contributed by atoms with Gasteiger partial charge in [0.2, 0.25) is 0 Å². The lowest BCUT2D eigenvalue weighted by Gasteiger charge is -2.29. The molecule has 1 fully saturated rings. The van der Waals surface area contributed by atoms with E-state index in [1.54, 1.807) is 0 Å². The van der Waals surface area contributed by atoms with Crippen LogP contribution in [0.1, 0.15) is 51.9 Å². The number of hydrogen-bond donors (Lipinski definition) is 0. The summed E-state index contributed by atoms with van der Waals surface area (Å²) in [5.74, 6) is 0.348. The number of unbranched alkanes of at least 4 members (excludes halogenated alkanes) is 4. The Morgan fingerprint density at radius 3 is 2.40 bits per heavy atom. The first kappa shape index (κ1) is 12.7. The molecule has 2 nitrogen and oxygen atoms in total. The predicted octanol–water partition coefficient (Wildman–Crippen LogP) is 2.87. The van der Waals surface area contributed by atoms with Crippen molar-refractivity contribution in [1.29, 1.82) is 0 Å². The topological polar surface area (TPSA) is 20.3 Å². The zero-order valence-corrected chi connectivity index (χ0v) is 10.1. The molecule has 0 bridgehead atoms. The number of carbonyl (C=O) groups is 1. The van der Waals surface area contributed by atoms with E-state index in [9.17, 15) is 4.79 Å². The van der Waals surface area contributed by atoms with Gasteiger partial charge in [-0.3, -0.25) is 0 Å². The lowest BCUT2D eigenvalue weighted by Crippen LogP contribution is -2.34. The van der Waals surface area contributed by atoms with Crippen LogP contribution in [0.3, 0.4) is 0 Å². The van der Waals surface area contributed by atoms with Crippen LogP contribution in [0.25, 0.3) is 0 Å². The Hall–Kier alpha value is -0.370. The molecule has 0 aromatic rings. The smallest absolute Gasteiger partial charge is 0.123 e. The van der Waals surface area contributed by atoms with Crippen LogP contribution in [0.15, 0.2) is 0 Å². The first-order valence-corrected chi connectivity index (χ1v) is 6.54. The highest BCUT2D eigenvalue weighted by molar-refractivity contribution is 5.53. The van der Waals surface area contributed by atoms with Gasteiger partial charge in [0.25, 0.3) is 0 Å². The summed E-state index contributed by atoms with van der Waals surface area (Å²) in [5.41, 5.74) is 0. The van der Waals surface area contributed by atoms with E-state index < -0.39 is 0 Å². The van der Waals surface area contributed by atoms with Crippen molar-refractivity contribution in [2.75, 3.05) is 19.6 Å². The molecule has 2 heteroatoms. The lowest BCUT2D eigenvalue weighted by atomic mass is 9.98. The van der Waals surface area contributed by atoms with Gasteiger partial charge in [-0.25, -0.2) is 0 Å². The monoisotopic (exact) mass is 211 g/mol. The van der Waals surface area contributed by atoms with E-state index in [1.165, 1.54) is 38.6 Å². The highest BCUT2D eigenvalue weighted by Crippen LogP contribution is 2.15. The maximum absolute atomic E-state index is 10.6. The fourth-order valence-electron chi connectivity index (χ4n) is 2.25. The maximum Gasteiger partial charge on any atom is 0.123 e. The van der Waals surface area contributed by atoms with Gasteiger partial charge in [0.15, 0.2) is 0 Å². The molecule has 1 rings (SSSR count). The average molecular weight is 211 g/mol. The van der Waals surface area contributed by atoms with Crippen LogP contribution in [0.5, 0.6) is 0 Å². The number of hydrogen-bond acceptors (Lipinski definition) is 2. The summed E-state index contributed by atoms with van der Waals surface area (Å²) in [6.07, 6.45) is 10.1. The quantitative estimate of drug-likeness (QED) is 0.477. The van der Waals surface area contributed by atoms with Crippen molar-refractivity contribution < 1.29 is 4.79 Å². The van der Waals surface area contributed by atoms with Crippen molar-refractivity contribution in [3.8, 4) is 0 Å². The van der Waals surface area contributed by atoms with Crippen molar-refractivity contribution in [2.45, 2.75) is 51.9 Å². The van der Waals surface area contributed by atoms with Crippen molar-refractivity contribution in [1.82, 2.24) is 4.90 Å². The van der Waals surface area contributed by atoms with E-state index in [4.69, 9.17) is 0 Å². The second-order valence-electron chi connectivity index (χ2n) is 4.73. The molecule has 0 spiro atoms. The number of aldehydes is 1. The Balaban J connectivity index is 1.96. The van der Waals surface area contributed by atoms with E-state index in [0.717, 1.165) is 32.2 Å². The zero-order chi connectivity index (χ0) is 10.9. The molecule has 0 aromatic carbocycles. The van der Waals surface area contributed by atoms with Crippen LogP contribution < -0.4 is 0 Å². The maximum atomic E-state index is 10.6. The van der Waals surface area contributed by atoms with Gasteiger partial charge in [-0.2, -0.15) is 0 Å². The van der Waals surface area contributed by atoms with E-state index in [0.29, 0.717) is 5.92 Å². The largest absolute Gasteiger partial charge is 0.303 e. The number of carbonyl (C=O) groups excluding carboxylic acids is 1. The van der Waals surface area contributed by atoms with Crippen LogP contribution in [-0.2, 0) is 4.79 Å². The molecule has 0 radical (unpaired) electrons. The highest BCUT2D eigenvalue weighted by atomic mass is 16.1. The summed E-state index contributed by atoms with van der Waals surface area (Å²) in [7, 11) is 0. The molecule has 0 amide bonds. The van der Waals surface area contributed by atoms with E-state index in [1.807, 2.05) is 0 Å². The molecular weight excluding hydrogens is 186 g/mol. The Morgan fingerprint density at radius 2 is 1.80 bits per heavy atom. The lowest BCUT2D eigenvalue weighted by molar-refractivity contribution is -0.112. The zero-order valence-electron chi connectivity index (χ0n) is 10.1. The van der Waals surface area contributed by atoms with Crippen LogP contribution in [0, 0.1) is 5.92 Å². The SMILES string of the molecule is CCCCCCCN1CCC(C=O)CC1. The molecule has 1 heterocycles. The van der Waals surface area contributed by atoms with Crippen LogP contribution >= 0.6 is 0 Å². The van der Waals surface area contributed by atoms with Gasteiger partial charge in [-0.05, 0) is 38.9 Å². The number of rotatable bonds is 7. The van der Waals surface area contributed by atoms with Gasteiger partial charge >= 0.3 is 0 Å². The van der Waals surface area contributed by atoms with Gasteiger partial charge in [0.05, 0.1) is 0 Å². The molecule has 0 saturated carbocycles. The molecule has 0 aliphatic carbocycles.